The fourth-order valence-electron chi connectivity index (χ4n) is 3.77. The molecular weight excluding hydrogens is 367 g/mol. The standard InChI is InChI=1S/C23H25FN4O/c24-19-8-6-17(7-9-19)21-22(29-23(27-21)28-12-2-1-3-13-28)18-10-11-25-20(14-18)26-15-16-4-5-16/h6-11,14,16H,1-5,12-13,15H2,(H,25,26). The van der Waals surface area contributed by atoms with E-state index in [0.717, 1.165) is 61.0 Å². The van der Waals surface area contributed by atoms with Gasteiger partial charge in [0.05, 0.1) is 0 Å². The minimum Gasteiger partial charge on any atom is -0.423 e. The number of benzene rings is 1. The minimum atomic E-state index is -0.259. The Kier molecular flexibility index (Phi) is 4.92. The van der Waals surface area contributed by atoms with E-state index in [9.17, 15) is 4.39 Å². The molecular formula is C23H25FN4O. The third-order valence-corrected chi connectivity index (χ3v) is 5.65. The fraction of sp³-hybridized carbons (Fsp3) is 0.391. The lowest BCUT2D eigenvalue weighted by Gasteiger charge is -2.24. The van der Waals surface area contributed by atoms with Gasteiger partial charge in [-0.2, -0.15) is 4.98 Å². The van der Waals surface area contributed by atoms with Gasteiger partial charge in [-0.05, 0) is 74.4 Å². The Morgan fingerprint density at radius 2 is 1.83 bits per heavy atom. The molecule has 1 aliphatic carbocycles. The van der Waals surface area contributed by atoms with E-state index >= 15 is 0 Å². The van der Waals surface area contributed by atoms with E-state index in [2.05, 4.69) is 15.2 Å². The lowest BCUT2D eigenvalue weighted by molar-refractivity contribution is 0.498. The second-order valence-electron chi connectivity index (χ2n) is 7.98. The van der Waals surface area contributed by atoms with Crippen LogP contribution in [0.15, 0.2) is 47.0 Å². The van der Waals surface area contributed by atoms with Crippen molar-refractivity contribution in [2.75, 3.05) is 29.9 Å². The van der Waals surface area contributed by atoms with E-state index in [-0.39, 0.29) is 5.82 Å². The zero-order valence-electron chi connectivity index (χ0n) is 16.4. The van der Waals surface area contributed by atoms with Crippen molar-refractivity contribution in [3.05, 3.63) is 48.4 Å². The van der Waals surface area contributed by atoms with E-state index in [1.54, 1.807) is 18.3 Å². The predicted molar refractivity (Wildman–Crippen MR) is 112 cm³/mol. The average Bonchev–Trinajstić information content (AvgIpc) is 3.50. The number of aromatic nitrogens is 2. The highest BCUT2D eigenvalue weighted by Crippen LogP contribution is 2.37. The SMILES string of the molecule is Fc1ccc(-c2nc(N3CCCCC3)oc2-c2ccnc(NCC3CC3)c2)cc1. The molecule has 1 saturated heterocycles. The highest BCUT2D eigenvalue weighted by Gasteiger charge is 2.23. The molecule has 0 radical (unpaired) electrons. The minimum absolute atomic E-state index is 0.259. The van der Waals surface area contributed by atoms with Crippen LogP contribution < -0.4 is 10.2 Å². The van der Waals surface area contributed by atoms with Crippen molar-refractivity contribution in [2.45, 2.75) is 32.1 Å². The fourth-order valence-corrected chi connectivity index (χ4v) is 3.77. The average molecular weight is 392 g/mol. The van der Waals surface area contributed by atoms with Gasteiger partial charge in [0, 0.05) is 37.0 Å². The van der Waals surface area contributed by atoms with Crippen molar-refractivity contribution < 1.29 is 8.81 Å². The molecule has 1 aromatic carbocycles. The molecule has 29 heavy (non-hydrogen) atoms. The van der Waals surface area contributed by atoms with Gasteiger partial charge >= 0.3 is 0 Å². The molecule has 3 aromatic rings. The maximum Gasteiger partial charge on any atom is 0.298 e. The molecule has 5 nitrogen and oxygen atoms in total. The molecule has 3 heterocycles. The number of nitrogens with one attached hydrogen (secondary N) is 1. The van der Waals surface area contributed by atoms with Crippen molar-refractivity contribution >= 4 is 11.8 Å². The van der Waals surface area contributed by atoms with Gasteiger partial charge in [-0.3, -0.25) is 0 Å². The summed E-state index contributed by atoms with van der Waals surface area (Å²) in [6.07, 6.45) is 7.92. The van der Waals surface area contributed by atoms with E-state index in [1.807, 2.05) is 12.1 Å². The molecule has 1 aliphatic heterocycles. The first-order valence-corrected chi connectivity index (χ1v) is 10.5. The maximum absolute atomic E-state index is 13.5. The molecule has 1 N–H and O–H groups in total. The van der Waals surface area contributed by atoms with Gasteiger partial charge in [-0.25, -0.2) is 9.37 Å². The number of halogens is 1. The molecule has 6 heteroatoms. The molecule has 0 spiro atoms. The molecule has 0 unspecified atom stereocenters. The van der Waals surface area contributed by atoms with Crippen molar-refractivity contribution in [2.24, 2.45) is 5.92 Å². The molecule has 150 valence electrons. The van der Waals surface area contributed by atoms with Crippen molar-refractivity contribution in [3.8, 4) is 22.6 Å². The number of rotatable bonds is 6. The molecule has 2 fully saturated rings. The van der Waals surface area contributed by atoms with Crippen molar-refractivity contribution in [3.63, 3.8) is 0 Å². The number of hydrogen-bond donors (Lipinski definition) is 1. The highest BCUT2D eigenvalue weighted by molar-refractivity contribution is 5.79. The quantitative estimate of drug-likeness (QED) is 0.612. The van der Waals surface area contributed by atoms with E-state index in [1.165, 1.54) is 31.4 Å². The summed E-state index contributed by atoms with van der Waals surface area (Å²) in [4.78, 5) is 11.5. The molecule has 0 atom stereocenters. The largest absolute Gasteiger partial charge is 0.423 e. The Morgan fingerprint density at radius 3 is 2.59 bits per heavy atom. The van der Waals surface area contributed by atoms with Crippen LogP contribution in [-0.2, 0) is 0 Å². The van der Waals surface area contributed by atoms with Crippen LogP contribution in [0.1, 0.15) is 32.1 Å². The second-order valence-corrected chi connectivity index (χ2v) is 7.98. The third-order valence-electron chi connectivity index (χ3n) is 5.65. The molecule has 0 amide bonds. The second kappa shape index (κ2) is 7.85. The van der Waals surface area contributed by atoms with Gasteiger partial charge in [-0.15, -0.1) is 0 Å². The first kappa shape index (κ1) is 18.2. The Morgan fingerprint density at radius 1 is 1.03 bits per heavy atom. The summed E-state index contributed by atoms with van der Waals surface area (Å²) in [5, 5.41) is 3.42. The first-order valence-electron chi connectivity index (χ1n) is 10.5. The maximum atomic E-state index is 13.5. The zero-order valence-corrected chi connectivity index (χ0v) is 16.4. The molecule has 0 bridgehead atoms. The topological polar surface area (TPSA) is 54.2 Å². The van der Waals surface area contributed by atoms with Crippen molar-refractivity contribution in [1.29, 1.82) is 0 Å². The van der Waals surface area contributed by atoms with Gasteiger partial charge in [0.2, 0.25) is 0 Å². The lowest BCUT2D eigenvalue weighted by Crippen LogP contribution is -2.29. The summed E-state index contributed by atoms with van der Waals surface area (Å²) >= 11 is 0. The van der Waals surface area contributed by atoms with Crippen LogP contribution in [0.3, 0.4) is 0 Å². The molecule has 1 saturated carbocycles. The summed E-state index contributed by atoms with van der Waals surface area (Å²) in [6, 6.07) is 11.0. The summed E-state index contributed by atoms with van der Waals surface area (Å²) < 4.78 is 19.7. The number of piperidine rings is 1. The lowest BCUT2D eigenvalue weighted by atomic mass is 10.1. The van der Waals surface area contributed by atoms with E-state index < -0.39 is 0 Å². The Labute approximate surface area is 170 Å². The zero-order chi connectivity index (χ0) is 19.6. The van der Waals surface area contributed by atoms with E-state index in [4.69, 9.17) is 9.40 Å². The number of pyridine rings is 1. The van der Waals surface area contributed by atoms with Crippen molar-refractivity contribution in [1.82, 2.24) is 9.97 Å². The summed E-state index contributed by atoms with van der Waals surface area (Å²) in [5.41, 5.74) is 2.51. The monoisotopic (exact) mass is 392 g/mol. The number of anilines is 2. The summed E-state index contributed by atoms with van der Waals surface area (Å²) in [5.74, 6) is 2.06. The van der Waals surface area contributed by atoms with Crippen LogP contribution in [0.4, 0.5) is 16.2 Å². The number of hydrogen-bond acceptors (Lipinski definition) is 5. The Hall–Kier alpha value is -2.89. The number of nitrogens with zero attached hydrogens (tertiary/aromatic N) is 3. The predicted octanol–water partition coefficient (Wildman–Crippen LogP) is 5.35. The first-order chi connectivity index (χ1) is 14.3. The number of oxazole rings is 1. The Balaban J connectivity index is 1.52. The van der Waals surface area contributed by atoms with Gasteiger partial charge in [-0.1, -0.05) is 0 Å². The van der Waals surface area contributed by atoms with Crippen LogP contribution in [0.5, 0.6) is 0 Å². The van der Waals surface area contributed by atoms with Crippen LogP contribution in [0, 0.1) is 11.7 Å². The summed E-state index contributed by atoms with van der Waals surface area (Å²) in [6.45, 7) is 2.86. The van der Waals surface area contributed by atoms with Gasteiger partial charge < -0.3 is 14.6 Å². The molecule has 5 rings (SSSR count). The molecule has 2 aromatic heterocycles. The van der Waals surface area contributed by atoms with Gasteiger partial charge in [0.1, 0.15) is 17.3 Å². The van der Waals surface area contributed by atoms with Crippen LogP contribution in [-0.4, -0.2) is 29.6 Å². The van der Waals surface area contributed by atoms with E-state index in [0.29, 0.717) is 11.8 Å². The Bertz CT molecular complexity index is 975. The van der Waals surface area contributed by atoms with Crippen LogP contribution >= 0.6 is 0 Å². The van der Waals surface area contributed by atoms with Gasteiger partial charge in [0.25, 0.3) is 6.01 Å². The highest BCUT2D eigenvalue weighted by atomic mass is 19.1. The summed E-state index contributed by atoms with van der Waals surface area (Å²) in [7, 11) is 0. The normalized spacial score (nSPS) is 16.8. The molecule has 2 aliphatic rings. The van der Waals surface area contributed by atoms with Gasteiger partial charge in [0.15, 0.2) is 5.76 Å². The van der Waals surface area contributed by atoms with Crippen LogP contribution in [0.2, 0.25) is 0 Å². The van der Waals surface area contributed by atoms with Crippen LogP contribution in [0.25, 0.3) is 22.6 Å². The third kappa shape index (κ3) is 4.11. The smallest absolute Gasteiger partial charge is 0.298 e.